The smallest absolute Gasteiger partial charge is 0.330 e. The summed E-state index contributed by atoms with van der Waals surface area (Å²) in [6.07, 6.45) is 3.59. The highest BCUT2D eigenvalue weighted by atomic mass is 16.5. The number of amides is 1. The summed E-state index contributed by atoms with van der Waals surface area (Å²) in [5.41, 5.74) is 1.06. The highest BCUT2D eigenvalue weighted by Crippen LogP contribution is 2.25. The number of carboxylic acid groups (broad SMARTS) is 1. The summed E-state index contributed by atoms with van der Waals surface area (Å²) in [7, 11) is 0. The molecule has 10 nitrogen and oxygen atoms in total. The molecule has 3 fully saturated rings. The van der Waals surface area contributed by atoms with E-state index in [4.69, 9.17) is 9.47 Å². The van der Waals surface area contributed by atoms with Gasteiger partial charge in [-0.1, -0.05) is 30.3 Å². The lowest BCUT2D eigenvalue weighted by Crippen LogP contribution is -2.62. The summed E-state index contributed by atoms with van der Waals surface area (Å²) >= 11 is 0. The van der Waals surface area contributed by atoms with Crippen LogP contribution in [0.4, 0.5) is 0 Å². The lowest BCUT2D eigenvalue weighted by atomic mass is 10.0. The molecule has 1 amide bonds. The molecule has 0 aliphatic carbocycles. The number of hydrazine groups is 1. The van der Waals surface area contributed by atoms with Crippen LogP contribution in [0.15, 0.2) is 30.3 Å². The van der Waals surface area contributed by atoms with Crippen LogP contribution in [0.1, 0.15) is 37.7 Å². The summed E-state index contributed by atoms with van der Waals surface area (Å²) in [5.74, 6) is -1.60. The molecule has 3 saturated heterocycles. The zero-order valence-corrected chi connectivity index (χ0v) is 20.8. The van der Waals surface area contributed by atoms with E-state index in [1.165, 1.54) is 0 Å². The molecule has 1 aromatic rings. The van der Waals surface area contributed by atoms with Crippen molar-refractivity contribution in [1.29, 1.82) is 0 Å². The van der Waals surface area contributed by atoms with E-state index in [1.807, 2.05) is 35.3 Å². The third kappa shape index (κ3) is 7.03. The van der Waals surface area contributed by atoms with Crippen molar-refractivity contribution in [1.82, 2.24) is 20.2 Å². The normalized spacial score (nSPS) is 24.6. The van der Waals surface area contributed by atoms with Crippen molar-refractivity contribution < 1.29 is 29.0 Å². The van der Waals surface area contributed by atoms with Gasteiger partial charge >= 0.3 is 11.9 Å². The Kier molecular flexibility index (Phi) is 9.68. The number of aliphatic carboxylic acids is 1. The summed E-state index contributed by atoms with van der Waals surface area (Å²) in [4.78, 5) is 40.9. The second-order valence-electron chi connectivity index (χ2n) is 9.69. The van der Waals surface area contributed by atoms with Crippen LogP contribution >= 0.6 is 0 Å². The van der Waals surface area contributed by atoms with Gasteiger partial charge in [-0.3, -0.25) is 24.8 Å². The van der Waals surface area contributed by atoms with Gasteiger partial charge in [0.1, 0.15) is 18.7 Å². The molecule has 0 saturated carbocycles. The highest BCUT2D eigenvalue weighted by molar-refractivity contribution is 5.88. The maximum absolute atomic E-state index is 13.6. The number of aryl methyl sites for hydroxylation is 1. The van der Waals surface area contributed by atoms with Crippen LogP contribution in [0, 0.1) is 0 Å². The molecule has 2 N–H and O–H groups in total. The van der Waals surface area contributed by atoms with E-state index in [0.29, 0.717) is 58.5 Å². The Balaban J connectivity index is 1.37. The van der Waals surface area contributed by atoms with Crippen LogP contribution in [0.5, 0.6) is 0 Å². The first-order valence-corrected chi connectivity index (χ1v) is 13.1. The Bertz CT molecular complexity index is 878. The average molecular weight is 503 g/mol. The summed E-state index contributed by atoms with van der Waals surface area (Å²) < 4.78 is 11.0. The Hall–Kier alpha value is -2.53. The number of nitrogens with one attached hydrogen (secondary N) is 1. The molecule has 36 heavy (non-hydrogen) atoms. The second-order valence-corrected chi connectivity index (χ2v) is 9.69. The molecule has 3 aliphatic rings. The lowest BCUT2D eigenvalue weighted by molar-refractivity contribution is -0.178. The van der Waals surface area contributed by atoms with Gasteiger partial charge in [-0.05, 0) is 44.1 Å². The summed E-state index contributed by atoms with van der Waals surface area (Å²) in [5, 5.41) is 16.4. The molecule has 3 heterocycles. The monoisotopic (exact) mass is 502 g/mol. The van der Waals surface area contributed by atoms with Gasteiger partial charge in [-0.25, -0.2) is 9.80 Å². The van der Waals surface area contributed by atoms with Crippen molar-refractivity contribution in [3.05, 3.63) is 35.9 Å². The minimum atomic E-state index is -0.974. The molecule has 3 atom stereocenters. The van der Waals surface area contributed by atoms with Crippen molar-refractivity contribution in [2.24, 2.45) is 0 Å². The average Bonchev–Trinajstić information content (AvgIpc) is 3.06. The van der Waals surface area contributed by atoms with Crippen LogP contribution in [0.2, 0.25) is 0 Å². The molecule has 0 bridgehead atoms. The number of nitrogens with zero attached hydrogens (tertiary/aromatic N) is 3. The predicted molar refractivity (Wildman–Crippen MR) is 132 cm³/mol. The summed E-state index contributed by atoms with van der Waals surface area (Å²) in [6, 6.07) is 7.54. The standard InChI is InChI=1S/C26H38N4O6/c31-24-21(27-22(25(32)33)11-10-20-6-2-1-3-7-20)8-4-12-29-13-5-9-23(30(24)29)26(34)36-19-16-28-14-17-35-18-15-28/h1-3,6-7,21-23,27H,4-5,8-19H2,(H,32,33)/t21-,22-,23-/m0/s1. The fourth-order valence-corrected chi connectivity index (χ4v) is 5.21. The van der Waals surface area contributed by atoms with Gasteiger partial charge in [0.05, 0.1) is 19.3 Å². The van der Waals surface area contributed by atoms with E-state index in [0.717, 1.165) is 31.5 Å². The van der Waals surface area contributed by atoms with Crippen molar-refractivity contribution in [2.45, 2.75) is 56.7 Å². The largest absolute Gasteiger partial charge is 0.480 e. The number of morpholine rings is 1. The van der Waals surface area contributed by atoms with E-state index in [9.17, 15) is 19.5 Å². The third-order valence-corrected chi connectivity index (χ3v) is 7.22. The van der Waals surface area contributed by atoms with Gasteiger partial charge < -0.3 is 14.6 Å². The number of carboxylic acids is 1. The number of carbonyl (C=O) groups excluding carboxylic acids is 2. The quantitative estimate of drug-likeness (QED) is 0.451. The number of ether oxygens (including phenoxy) is 2. The first-order valence-electron chi connectivity index (χ1n) is 13.1. The maximum Gasteiger partial charge on any atom is 0.330 e. The van der Waals surface area contributed by atoms with E-state index in [-0.39, 0.29) is 18.5 Å². The van der Waals surface area contributed by atoms with Crippen LogP contribution in [0.3, 0.4) is 0 Å². The van der Waals surface area contributed by atoms with Crippen LogP contribution in [-0.4, -0.2) is 109 Å². The van der Waals surface area contributed by atoms with Crippen LogP contribution < -0.4 is 5.32 Å². The molecular weight excluding hydrogens is 464 g/mol. The molecule has 1 aromatic carbocycles. The van der Waals surface area contributed by atoms with Gasteiger partial charge in [0, 0.05) is 32.7 Å². The Morgan fingerprint density at radius 1 is 1.08 bits per heavy atom. The summed E-state index contributed by atoms with van der Waals surface area (Å²) in [6.45, 7) is 5.29. The van der Waals surface area contributed by atoms with Gasteiger partial charge in [-0.15, -0.1) is 0 Å². The van der Waals surface area contributed by atoms with Crippen molar-refractivity contribution >= 4 is 17.8 Å². The number of hydrogen-bond donors (Lipinski definition) is 2. The SMILES string of the molecule is O=C(O)[C@H](CCc1ccccc1)N[C@H]1CCCN2CCC[C@@H](C(=O)OCCN3CCOCC3)N2C1=O. The number of hydrogen-bond acceptors (Lipinski definition) is 8. The van der Waals surface area contributed by atoms with Crippen molar-refractivity contribution in [3.63, 3.8) is 0 Å². The molecule has 0 radical (unpaired) electrons. The number of esters is 1. The highest BCUT2D eigenvalue weighted by Gasteiger charge is 2.43. The van der Waals surface area contributed by atoms with Gasteiger partial charge in [0.2, 0.25) is 0 Å². The molecule has 3 aliphatic heterocycles. The number of benzene rings is 1. The molecular formula is C26H38N4O6. The first-order chi connectivity index (χ1) is 17.5. The van der Waals surface area contributed by atoms with E-state index >= 15 is 0 Å². The molecule has 0 spiro atoms. The topological polar surface area (TPSA) is 112 Å². The van der Waals surface area contributed by atoms with Gasteiger partial charge in [0.15, 0.2) is 0 Å². The van der Waals surface area contributed by atoms with Crippen molar-refractivity contribution in [2.75, 3.05) is 52.5 Å². The fourth-order valence-electron chi connectivity index (χ4n) is 5.21. The number of rotatable bonds is 10. The van der Waals surface area contributed by atoms with Gasteiger partial charge in [0.25, 0.3) is 5.91 Å². The maximum atomic E-state index is 13.6. The number of carbonyl (C=O) groups is 3. The minimum absolute atomic E-state index is 0.242. The molecule has 0 aromatic heterocycles. The minimum Gasteiger partial charge on any atom is -0.480 e. The zero-order chi connectivity index (χ0) is 25.3. The Morgan fingerprint density at radius 3 is 2.53 bits per heavy atom. The molecule has 0 unspecified atom stereocenters. The zero-order valence-electron chi connectivity index (χ0n) is 20.8. The number of fused-ring (bicyclic) bond motifs is 1. The van der Waals surface area contributed by atoms with E-state index in [1.54, 1.807) is 5.01 Å². The molecule has 4 rings (SSSR count). The van der Waals surface area contributed by atoms with E-state index in [2.05, 4.69) is 10.2 Å². The molecule has 198 valence electrons. The lowest BCUT2D eigenvalue weighted by Gasteiger charge is -2.43. The fraction of sp³-hybridized carbons (Fsp3) is 0.654. The Labute approximate surface area is 212 Å². The first kappa shape index (κ1) is 26.5. The molecule has 10 heteroatoms. The van der Waals surface area contributed by atoms with Gasteiger partial charge in [-0.2, -0.15) is 0 Å². The van der Waals surface area contributed by atoms with Crippen molar-refractivity contribution in [3.8, 4) is 0 Å². The van der Waals surface area contributed by atoms with E-state index < -0.39 is 24.1 Å². The predicted octanol–water partition coefficient (Wildman–Crippen LogP) is 0.908. The second kappa shape index (κ2) is 13.1. The Morgan fingerprint density at radius 2 is 1.81 bits per heavy atom. The van der Waals surface area contributed by atoms with Crippen LogP contribution in [0.25, 0.3) is 0 Å². The third-order valence-electron chi connectivity index (χ3n) is 7.22. The van der Waals surface area contributed by atoms with Crippen LogP contribution in [-0.2, 0) is 30.3 Å².